The molecule has 136 valence electrons. The van der Waals surface area contributed by atoms with Gasteiger partial charge in [-0.1, -0.05) is 36.4 Å². The molecule has 4 nitrogen and oxygen atoms in total. The smallest absolute Gasteiger partial charge is 0.183 e. The van der Waals surface area contributed by atoms with Crippen LogP contribution < -0.4 is 10.5 Å². The van der Waals surface area contributed by atoms with Gasteiger partial charge in [-0.3, -0.25) is 0 Å². The van der Waals surface area contributed by atoms with E-state index in [0.717, 1.165) is 17.5 Å². The molecule has 0 atom stereocenters. The predicted octanol–water partition coefficient (Wildman–Crippen LogP) is 4.15. The van der Waals surface area contributed by atoms with Gasteiger partial charge in [0.05, 0.1) is 22.2 Å². The van der Waals surface area contributed by atoms with Crippen LogP contribution in [0.5, 0.6) is 5.75 Å². The molecule has 0 unspecified atom stereocenters. The first kappa shape index (κ1) is 18.5. The maximum Gasteiger partial charge on any atom is 0.183 e. The fraction of sp³-hybridized carbons (Fsp3) is 0.158. The van der Waals surface area contributed by atoms with Crippen molar-refractivity contribution in [2.75, 3.05) is 18.2 Å². The Morgan fingerprint density at radius 1 is 1.08 bits per heavy atom. The Kier molecular flexibility index (Phi) is 5.34. The second-order valence-corrected chi connectivity index (χ2v) is 8.09. The van der Waals surface area contributed by atoms with Gasteiger partial charge in [0.1, 0.15) is 18.2 Å². The van der Waals surface area contributed by atoms with Crippen LogP contribution in [-0.2, 0) is 15.6 Å². The number of hydrogen-bond donors (Lipinski definition) is 1. The van der Waals surface area contributed by atoms with Crippen molar-refractivity contribution in [3.8, 4) is 5.75 Å². The minimum absolute atomic E-state index is 0.0915. The molecule has 0 heterocycles. The van der Waals surface area contributed by atoms with E-state index >= 15 is 0 Å². The summed E-state index contributed by atoms with van der Waals surface area (Å²) in [5.41, 5.74) is 6.24. The topological polar surface area (TPSA) is 69.4 Å². The average molecular weight is 394 g/mol. The van der Waals surface area contributed by atoms with Crippen LogP contribution in [0.2, 0.25) is 0 Å². The number of rotatable bonds is 6. The minimum Gasteiger partial charge on any atom is -0.490 e. The number of nitrogens with two attached hydrogens (primary N) is 1. The highest BCUT2D eigenvalue weighted by atomic mass is 35.5. The molecule has 0 saturated heterocycles. The summed E-state index contributed by atoms with van der Waals surface area (Å²) >= 11 is 5.57. The number of alkyl halides is 1. The Hall–Kier alpha value is -2.31. The summed E-state index contributed by atoms with van der Waals surface area (Å²) in [6, 6.07) is 14.5. The number of sulfone groups is 1. The lowest BCUT2D eigenvalue weighted by Gasteiger charge is -2.13. The van der Waals surface area contributed by atoms with Gasteiger partial charge < -0.3 is 10.5 Å². The summed E-state index contributed by atoms with van der Waals surface area (Å²) in [6.45, 7) is 0.144. The molecule has 0 aromatic heterocycles. The van der Waals surface area contributed by atoms with Crippen LogP contribution in [-0.4, -0.2) is 20.9 Å². The number of anilines is 1. The van der Waals surface area contributed by atoms with E-state index in [4.69, 9.17) is 22.1 Å². The molecule has 3 aromatic rings. The molecule has 0 aliphatic rings. The van der Waals surface area contributed by atoms with Gasteiger partial charge in [-0.05, 0) is 23.1 Å². The third kappa shape index (κ3) is 3.76. The molecular formula is C19H17ClFNO3S. The Morgan fingerprint density at radius 2 is 1.81 bits per heavy atom. The van der Waals surface area contributed by atoms with E-state index in [-0.39, 0.29) is 34.4 Å². The number of benzene rings is 3. The molecule has 0 radical (unpaired) electrons. The fourth-order valence-corrected chi connectivity index (χ4v) is 4.47. The van der Waals surface area contributed by atoms with E-state index in [9.17, 15) is 12.8 Å². The largest absolute Gasteiger partial charge is 0.490 e. The highest BCUT2D eigenvalue weighted by Gasteiger charge is 2.21. The van der Waals surface area contributed by atoms with Gasteiger partial charge in [0.15, 0.2) is 9.84 Å². The minimum atomic E-state index is -3.74. The van der Waals surface area contributed by atoms with Crippen molar-refractivity contribution in [1.29, 1.82) is 0 Å². The van der Waals surface area contributed by atoms with E-state index in [0.29, 0.717) is 5.39 Å². The molecule has 3 rings (SSSR count). The second-order valence-electron chi connectivity index (χ2n) is 5.75. The molecule has 0 saturated carbocycles. The molecule has 0 amide bonds. The molecule has 0 spiro atoms. The van der Waals surface area contributed by atoms with Crippen LogP contribution in [0.4, 0.5) is 10.1 Å². The zero-order valence-electron chi connectivity index (χ0n) is 13.8. The predicted molar refractivity (Wildman–Crippen MR) is 102 cm³/mol. The SMILES string of the molecule is Nc1c(CS(=O)(=O)c2cccc3ccccc23)cc(F)cc1OCCCl. The number of hydrogen-bond acceptors (Lipinski definition) is 4. The summed E-state index contributed by atoms with van der Waals surface area (Å²) in [6.07, 6.45) is 0. The molecule has 3 aromatic carbocycles. The molecule has 26 heavy (non-hydrogen) atoms. The van der Waals surface area contributed by atoms with E-state index in [2.05, 4.69) is 0 Å². The molecule has 0 bridgehead atoms. The monoisotopic (exact) mass is 393 g/mol. The van der Waals surface area contributed by atoms with E-state index in [1.54, 1.807) is 18.2 Å². The molecule has 0 aliphatic carbocycles. The van der Waals surface area contributed by atoms with Crippen LogP contribution >= 0.6 is 11.6 Å². The van der Waals surface area contributed by atoms with Crippen LogP contribution in [0.15, 0.2) is 59.5 Å². The van der Waals surface area contributed by atoms with Gasteiger partial charge in [0.25, 0.3) is 0 Å². The number of fused-ring (bicyclic) bond motifs is 1. The van der Waals surface area contributed by atoms with Crippen LogP contribution in [0.25, 0.3) is 10.8 Å². The third-order valence-corrected chi connectivity index (χ3v) is 5.83. The number of ether oxygens (including phenoxy) is 1. The summed E-state index contributed by atoms with van der Waals surface area (Å²) in [7, 11) is -3.74. The van der Waals surface area contributed by atoms with Gasteiger partial charge in [0, 0.05) is 11.5 Å². The van der Waals surface area contributed by atoms with E-state index in [1.807, 2.05) is 18.2 Å². The van der Waals surface area contributed by atoms with Gasteiger partial charge in [-0.25, -0.2) is 12.8 Å². The summed E-state index contributed by atoms with van der Waals surface area (Å²) in [4.78, 5) is 0.183. The highest BCUT2D eigenvalue weighted by Crippen LogP contribution is 2.32. The maximum absolute atomic E-state index is 13.9. The Bertz CT molecular complexity index is 1050. The number of nitrogen functional groups attached to an aromatic ring is 1. The summed E-state index contributed by atoms with van der Waals surface area (Å²) < 4.78 is 45.1. The highest BCUT2D eigenvalue weighted by molar-refractivity contribution is 7.90. The van der Waals surface area contributed by atoms with Crippen molar-refractivity contribution >= 4 is 37.9 Å². The molecule has 2 N–H and O–H groups in total. The van der Waals surface area contributed by atoms with Crippen molar-refractivity contribution in [3.05, 3.63) is 66.0 Å². The standard InChI is InChI=1S/C19H17ClFNO3S/c20-8-9-25-17-11-15(21)10-14(19(17)22)12-26(23,24)18-7-3-5-13-4-1-2-6-16(13)18/h1-7,10-11H,8-9,12,22H2. The first-order chi connectivity index (χ1) is 12.4. The van der Waals surface area contributed by atoms with E-state index < -0.39 is 21.4 Å². The Balaban J connectivity index is 2.03. The maximum atomic E-state index is 13.9. The normalized spacial score (nSPS) is 11.6. The number of halogens is 2. The van der Waals surface area contributed by atoms with E-state index in [1.165, 1.54) is 6.07 Å². The first-order valence-electron chi connectivity index (χ1n) is 7.89. The zero-order valence-corrected chi connectivity index (χ0v) is 15.4. The lowest BCUT2D eigenvalue weighted by molar-refractivity contribution is 0.342. The molecule has 7 heteroatoms. The average Bonchev–Trinajstić information content (AvgIpc) is 2.62. The van der Waals surface area contributed by atoms with Crippen LogP contribution in [0, 0.1) is 5.82 Å². The molecular weight excluding hydrogens is 377 g/mol. The first-order valence-corrected chi connectivity index (χ1v) is 10.1. The Morgan fingerprint density at radius 3 is 2.58 bits per heavy atom. The lowest BCUT2D eigenvalue weighted by Crippen LogP contribution is -2.10. The second kappa shape index (κ2) is 7.51. The van der Waals surface area contributed by atoms with Gasteiger partial charge >= 0.3 is 0 Å². The zero-order chi connectivity index (χ0) is 18.7. The third-order valence-electron chi connectivity index (χ3n) is 3.96. The fourth-order valence-electron chi connectivity index (χ4n) is 2.78. The van der Waals surface area contributed by atoms with Gasteiger partial charge in [0.2, 0.25) is 0 Å². The summed E-state index contributed by atoms with van der Waals surface area (Å²) in [5.74, 6) is -0.748. The van der Waals surface area contributed by atoms with Gasteiger partial charge in [-0.2, -0.15) is 0 Å². The van der Waals surface area contributed by atoms with Crippen LogP contribution in [0.1, 0.15) is 5.56 Å². The van der Waals surface area contributed by atoms with Crippen molar-refractivity contribution in [2.45, 2.75) is 10.6 Å². The van der Waals surface area contributed by atoms with Crippen molar-refractivity contribution in [1.82, 2.24) is 0 Å². The van der Waals surface area contributed by atoms with Gasteiger partial charge in [-0.15, -0.1) is 11.6 Å². The van der Waals surface area contributed by atoms with Crippen molar-refractivity contribution in [3.63, 3.8) is 0 Å². The van der Waals surface area contributed by atoms with Crippen molar-refractivity contribution < 1.29 is 17.5 Å². The summed E-state index contributed by atoms with van der Waals surface area (Å²) in [5, 5.41) is 1.43. The van der Waals surface area contributed by atoms with Crippen LogP contribution in [0.3, 0.4) is 0 Å². The quantitative estimate of drug-likeness (QED) is 0.504. The Labute approximate surface area is 156 Å². The van der Waals surface area contributed by atoms with Crippen molar-refractivity contribution in [2.24, 2.45) is 0 Å². The lowest BCUT2D eigenvalue weighted by atomic mass is 10.1. The molecule has 0 fully saturated rings. The molecule has 0 aliphatic heterocycles.